The summed E-state index contributed by atoms with van der Waals surface area (Å²) >= 11 is 0. The summed E-state index contributed by atoms with van der Waals surface area (Å²) < 4.78 is 0. The number of nitro groups is 1. The Balaban J connectivity index is 2.42. The zero-order valence-corrected chi connectivity index (χ0v) is 11.3. The third-order valence-electron chi connectivity index (χ3n) is 3.30. The standard InChI is InChI=1S/C14H22N2O2/c1-11(2)14(15-3)6-4-5-12-7-9-13(10-8-12)16(17)18/h7-11,14-15H,4-6H2,1-3H3. The van der Waals surface area contributed by atoms with E-state index in [1.807, 2.05) is 19.2 Å². The van der Waals surface area contributed by atoms with E-state index in [9.17, 15) is 10.1 Å². The molecule has 4 nitrogen and oxygen atoms in total. The Bertz CT molecular complexity index is 374. The first-order chi connectivity index (χ1) is 8.54. The summed E-state index contributed by atoms with van der Waals surface area (Å²) in [6.07, 6.45) is 3.20. The SMILES string of the molecule is CNC(CCCc1ccc([N+](=O)[O-])cc1)C(C)C. The molecule has 18 heavy (non-hydrogen) atoms. The lowest BCUT2D eigenvalue weighted by molar-refractivity contribution is -0.384. The van der Waals surface area contributed by atoms with Crippen molar-refractivity contribution in [3.8, 4) is 0 Å². The van der Waals surface area contributed by atoms with Gasteiger partial charge in [0.15, 0.2) is 0 Å². The molecule has 0 aliphatic heterocycles. The minimum Gasteiger partial charge on any atom is -0.317 e. The van der Waals surface area contributed by atoms with E-state index < -0.39 is 0 Å². The number of nitro benzene ring substituents is 1. The Kier molecular flexibility index (Phi) is 5.78. The van der Waals surface area contributed by atoms with Gasteiger partial charge in [-0.2, -0.15) is 0 Å². The highest BCUT2D eigenvalue weighted by Gasteiger charge is 2.10. The van der Waals surface area contributed by atoms with Crippen LogP contribution in [0, 0.1) is 16.0 Å². The van der Waals surface area contributed by atoms with Crippen molar-refractivity contribution < 1.29 is 4.92 Å². The van der Waals surface area contributed by atoms with E-state index in [0.29, 0.717) is 12.0 Å². The maximum atomic E-state index is 10.5. The van der Waals surface area contributed by atoms with Crippen LogP contribution in [0.15, 0.2) is 24.3 Å². The van der Waals surface area contributed by atoms with Crippen LogP contribution in [-0.2, 0) is 6.42 Å². The molecule has 0 aromatic heterocycles. The van der Waals surface area contributed by atoms with Crippen LogP contribution in [0.2, 0.25) is 0 Å². The molecule has 1 N–H and O–H groups in total. The lowest BCUT2D eigenvalue weighted by Crippen LogP contribution is -2.30. The maximum absolute atomic E-state index is 10.5. The van der Waals surface area contributed by atoms with Crippen molar-refractivity contribution >= 4 is 5.69 Å². The minimum absolute atomic E-state index is 0.161. The topological polar surface area (TPSA) is 55.2 Å². The molecule has 0 aliphatic rings. The number of aryl methyl sites for hydroxylation is 1. The van der Waals surface area contributed by atoms with Gasteiger partial charge in [0.1, 0.15) is 0 Å². The Morgan fingerprint density at radius 3 is 2.33 bits per heavy atom. The lowest BCUT2D eigenvalue weighted by Gasteiger charge is -2.19. The first-order valence-corrected chi connectivity index (χ1v) is 6.45. The number of rotatable bonds is 7. The zero-order valence-electron chi connectivity index (χ0n) is 11.3. The monoisotopic (exact) mass is 250 g/mol. The fraction of sp³-hybridized carbons (Fsp3) is 0.571. The summed E-state index contributed by atoms with van der Waals surface area (Å²) in [6, 6.07) is 7.40. The smallest absolute Gasteiger partial charge is 0.269 e. The summed E-state index contributed by atoms with van der Waals surface area (Å²) in [5, 5.41) is 13.8. The van der Waals surface area contributed by atoms with Crippen LogP contribution in [0.1, 0.15) is 32.3 Å². The average molecular weight is 250 g/mol. The first kappa shape index (κ1) is 14.6. The molecule has 1 aromatic carbocycles. The second-order valence-electron chi connectivity index (χ2n) is 4.95. The summed E-state index contributed by atoms with van der Waals surface area (Å²) in [5.74, 6) is 0.631. The number of hydrogen-bond donors (Lipinski definition) is 1. The second kappa shape index (κ2) is 7.11. The predicted molar refractivity (Wildman–Crippen MR) is 73.7 cm³/mol. The van der Waals surface area contributed by atoms with Gasteiger partial charge in [0.25, 0.3) is 5.69 Å². The second-order valence-corrected chi connectivity index (χ2v) is 4.95. The van der Waals surface area contributed by atoms with E-state index in [1.54, 1.807) is 12.1 Å². The summed E-state index contributed by atoms with van der Waals surface area (Å²) in [7, 11) is 2.00. The molecule has 0 fully saturated rings. The van der Waals surface area contributed by atoms with Gasteiger partial charge in [0.05, 0.1) is 4.92 Å². The normalized spacial score (nSPS) is 12.7. The fourth-order valence-electron chi connectivity index (χ4n) is 2.12. The molecule has 1 atom stereocenters. The third-order valence-corrected chi connectivity index (χ3v) is 3.30. The zero-order chi connectivity index (χ0) is 13.5. The summed E-state index contributed by atoms with van der Waals surface area (Å²) in [4.78, 5) is 10.2. The summed E-state index contributed by atoms with van der Waals surface area (Å²) in [6.45, 7) is 4.43. The predicted octanol–water partition coefficient (Wildman–Crippen LogP) is 3.16. The Morgan fingerprint density at radius 1 is 1.28 bits per heavy atom. The van der Waals surface area contributed by atoms with Crippen LogP contribution in [0.3, 0.4) is 0 Å². The number of non-ortho nitro benzene ring substituents is 1. The molecule has 1 unspecified atom stereocenters. The molecule has 1 rings (SSSR count). The molecule has 0 aliphatic carbocycles. The molecule has 0 spiro atoms. The van der Waals surface area contributed by atoms with Gasteiger partial charge in [0, 0.05) is 18.2 Å². The van der Waals surface area contributed by atoms with Gasteiger partial charge in [-0.1, -0.05) is 26.0 Å². The van der Waals surface area contributed by atoms with Crippen molar-refractivity contribution in [3.63, 3.8) is 0 Å². The van der Waals surface area contributed by atoms with Gasteiger partial charge >= 0.3 is 0 Å². The van der Waals surface area contributed by atoms with Gasteiger partial charge < -0.3 is 5.32 Å². The van der Waals surface area contributed by atoms with E-state index in [-0.39, 0.29) is 10.6 Å². The molecule has 1 aromatic rings. The lowest BCUT2D eigenvalue weighted by atomic mass is 9.97. The molecule has 0 heterocycles. The molecule has 0 saturated carbocycles. The van der Waals surface area contributed by atoms with Gasteiger partial charge in [-0.25, -0.2) is 0 Å². The van der Waals surface area contributed by atoms with Crippen LogP contribution < -0.4 is 5.32 Å². The average Bonchev–Trinajstić information content (AvgIpc) is 2.34. The van der Waals surface area contributed by atoms with Crippen molar-refractivity contribution in [3.05, 3.63) is 39.9 Å². The maximum Gasteiger partial charge on any atom is 0.269 e. The van der Waals surface area contributed by atoms with Crippen LogP contribution in [0.4, 0.5) is 5.69 Å². The Morgan fingerprint density at radius 2 is 1.89 bits per heavy atom. The minimum atomic E-state index is -0.362. The van der Waals surface area contributed by atoms with Crippen molar-refractivity contribution in [2.45, 2.75) is 39.2 Å². The van der Waals surface area contributed by atoms with Crippen molar-refractivity contribution in [2.75, 3.05) is 7.05 Å². The van der Waals surface area contributed by atoms with Crippen molar-refractivity contribution in [1.82, 2.24) is 5.32 Å². The Labute approximate surface area is 109 Å². The highest BCUT2D eigenvalue weighted by molar-refractivity contribution is 5.32. The van der Waals surface area contributed by atoms with Gasteiger partial charge in [-0.15, -0.1) is 0 Å². The van der Waals surface area contributed by atoms with Gasteiger partial charge in [-0.3, -0.25) is 10.1 Å². The van der Waals surface area contributed by atoms with E-state index in [1.165, 1.54) is 5.56 Å². The molecule has 0 radical (unpaired) electrons. The molecular formula is C14H22N2O2. The fourth-order valence-corrected chi connectivity index (χ4v) is 2.12. The van der Waals surface area contributed by atoms with E-state index in [0.717, 1.165) is 19.3 Å². The van der Waals surface area contributed by atoms with Crippen LogP contribution in [-0.4, -0.2) is 18.0 Å². The molecular weight excluding hydrogens is 228 g/mol. The van der Waals surface area contributed by atoms with Gasteiger partial charge in [-0.05, 0) is 37.8 Å². The third kappa shape index (κ3) is 4.45. The quantitative estimate of drug-likeness (QED) is 0.597. The highest BCUT2D eigenvalue weighted by Crippen LogP contribution is 2.15. The number of benzene rings is 1. The molecule has 100 valence electrons. The van der Waals surface area contributed by atoms with Crippen LogP contribution >= 0.6 is 0 Å². The van der Waals surface area contributed by atoms with Crippen LogP contribution in [0.25, 0.3) is 0 Å². The Hall–Kier alpha value is -1.42. The number of hydrogen-bond acceptors (Lipinski definition) is 3. The largest absolute Gasteiger partial charge is 0.317 e. The van der Waals surface area contributed by atoms with E-state index >= 15 is 0 Å². The van der Waals surface area contributed by atoms with E-state index in [2.05, 4.69) is 19.2 Å². The highest BCUT2D eigenvalue weighted by atomic mass is 16.6. The van der Waals surface area contributed by atoms with Crippen molar-refractivity contribution in [2.24, 2.45) is 5.92 Å². The molecule has 0 bridgehead atoms. The van der Waals surface area contributed by atoms with Crippen molar-refractivity contribution in [1.29, 1.82) is 0 Å². The molecule has 4 heteroatoms. The molecule has 0 saturated heterocycles. The summed E-state index contributed by atoms with van der Waals surface area (Å²) in [5.41, 5.74) is 1.33. The van der Waals surface area contributed by atoms with Crippen LogP contribution in [0.5, 0.6) is 0 Å². The number of nitrogens with zero attached hydrogens (tertiary/aromatic N) is 1. The van der Waals surface area contributed by atoms with E-state index in [4.69, 9.17) is 0 Å². The van der Waals surface area contributed by atoms with Gasteiger partial charge in [0.2, 0.25) is 0 Å². The molecule has 0 amide bonds. The number of nitrogens with one attached hydrogen (secondary N) is 1. The first-order valence-electron chi connectivity index (χ1n) is 6.45.